The zero-order valence-electron chi connectivity index (χ0n) is 13.1. The molecule has 0 aromatic heterocycles. The van der Waals surface area contributed by atoms with Crippen molar-refractivity contribution in [2.75, 3.05) is 17.2 Å². The van der Waals surface area contributed by atoms with E-state index in [-0.39, 0.29) is 18.1 Å². The quantitative estimate of drug-likeness (QED) is 0.631. The number of nitro benzene ring substituents is 1. The zero-order chi connectivity index (χ0) is 16.8. The molecule has 2 aromatic rings. The first-order chi connectivity index (χ1) is 11.0. The minimum absolute atomic E-state index is 0.0472. The van der Waals surface area contributed by atoms with Gasteiger partial charge in [0, 0.05) is 17.8 Å². The SMILES string of the molecule is CCc1ccc(NCC(=O)Nc2cc([N+](=O)[O-])ccc2C)cc1. The van der Waals surface area contributed by atoms with Crippen molar-refractivity contribution in [2.45, 2.75) is 20.3 Å². The number of anilines is 2. The predicted octanol–water partition coefficient (Wildman–Crippen LogP) is 3.52. The highest BCUT2D eigenvalue weighted by atomic mass is 16.6. The molecular formula is C17H19N3O3. The van der Waals surface area contributed by atoms with Gasteiger partial charge in [0.2, 0.25) is 5.91 Å². The van der Waals surface area contributed by atoms with Crippen molar-refractivity contribution >= 4 is 23.0 Å². The Kier molecular flexibility index (Phi) is 5.30. The Labute approximate surface area is 134 Å². The first-order valence-electron chi connectivity index (χ1n) is 7.37. The smallest absolute Gasteiger partial charge is 0.271 e. The van der Waals surface area contributed by atoms with E-state index in [0.717, 1.165) is 17.7 Å². The summed E-state index contributed by atoms with van der Waals surface area (Å²) < 4.78 is 0. The molecule has 0 saturated heterocycles. The lowest BCUT2D eigenvalue weighted by Gasteiger charge is -2.10. The molecule has 0 heterocycles. The van der Waals surface area contributed by atoms with E-state index in [1.54, 1.807) is 13.0 Å². The summed E-state index contributed by atoms with van der Waals surface area (Å²) in [7, 11) is 0. The normalized spacial score (nSPS) is 10.2. The Morgan fingerprint density at radius 2 is 1.87 bits per heavy atom. The van der Waals surface area contributed by atoms with E-state index in [2.05, 4.69) is 17.6 Å². The van der Waals surface area contributed by atoms with Gasteiger partial charge in [-0.05, 0) is 36.6 Å². The topological polar surface area (TPSA) is 84.3 Å². The molecule has 0 fully saturated rings. The second-order valence-corrected chi connectivity index (χ2v) is 5.21. The number of hydrogen-bond acceptors (Lipinski definition) is 4. The van der Waals surface area contributed by atoms with Crippen molar-refractivity contribution < 1.29 is 9.72 Å². The van der Waals surface area contributed by atoms with Gasteiger partial charge in [-0.3, -0.25) is 14.9 Å². The van der Waals surface area contributed by atoms with Crippen LogP contribution in [-0.4, -0.2) is 17.4 Å². The number of aryl methyl sites for hydroxylation is 2. The van der Waals surface area contributed by atoms with Crippen molar-refractivity contribution in [1.29, 1.82) is 0 Å². The minimum Gasteiger partial charge on any atom is -0.376 e. The Bertz CT molecular complexity index is 712. The van der Waals surface area contributed by atoms with Gasteiger partial charge in [-0.15, -0.1) is 0 Å². The van der Waals surface area contributed by atoms with E-state index in [1.807, 2.05) is 24.3 Å². The van der Waals surface area contributed by atoms with Crippen LogP contribution in [0.2, 0.25) is 0 Å². The molecule has 2 rings (SSSR count). The van der Waals surface area contributed by atoms with E-state index in [0.29, 0.717) is 5.69 Å². The maximum Gasteiger partial charge on any atom is 0.271 e. The molecule has 0 radical (unpaired) electrons. The molecule has 0 aliphatic carbocycles. The van der Waals surface area contributed by atoms with E-state index in [1.165, 1.54) is 17.7 Å². The van der Waals surface area contributed by atoms with Gasteiger partial charge in [0.1, 0.15) is 0 Å². The molecule has 0 saturated carbocycles. The highest BCUT2D eigenvalue weighted by Gasteiger charge is 2.11. The molecule has 23 heavy (non-hydrogen) atoms. The second-order valence-electron chi connectivity index (χ2n) is 5.21. The highest BCUT2D eigenvalue weighted by Crippen LogP contribution is 2.21. The molecule has 6 nitrogen and oxygen atoms in total. The van der Waals surface area contributed by atoms with Crippen LogP contribution in [0, 0.1) is 17.0 Å². The van der Waals surface area contributed by atoms with Crippen molar-refractivity contribution in [3.8, 4) is 0 Å². The van der Waals surface area contributed by atoms with Gasteiger partial charge >= 0.3 is 0 Å². The summed E-state index contributed by atoms with van der Waals surface area (Å²) in [6.07, 6.45) is 0.965. The molecule has 1 amide bonds. The van der Waals surface area contributed by atoms with E-state index >= 15 is 0 Å². The fourth-order valence-corrected chi connectivity index (χ4v) is 2.09. The van der Waals surface area contributed by atoms with Crippen molar-refractivity contribution in [3.05, 3.63) is 63.7 Å². The summed E-state index contributed by atoms with van der Waals surface area (Å²) in [5, 5.41) is 16.5. The van der Waals surface area contributed by atoms with E-state index < -0.39 is 4.92 Å². The van der Waals surface area contributed by atoms with Gasteiger partial charge in [-0.25, -0.2) is 0 Å². The van der Waals surface area contributed by atoms with Gasteiger partial charge in [-0.2, -0.15) is 0 Å². The molecule has 0 atom stereocenters. The number of non-ortho nitro benzene ring substituents is 1. The highest BCUT2D eigenvalue weighted by molar-refractivity contribution is 5.94. The van der Waals surface area contributed by atoms with Crippen molar-refractivity contribution in [3.63, 3.8) is 0 Å². The average Bonchev–Trinajstić information content (AvgIpc) is 2.55. The summed E-state index contributed by atoms with van der Waals surface area (Å²) in [4.78, 5) is 22.3. The molecule has 0 aliphatic rings. The largest absolute Gasteiger partial charge is 0.376 e. The molecule has 2 aromatic carbocycles. The molecule has 6 heteroatoms. The van der Waals surface area contributed by atoms with Gasteiger partial charge < -0.3 is 10.6 Å². The first kappa shape index (κ1) is 16.5. The molecule has 0 spiro atoms. The number of nitrogens with one attached hydrogen (secondary N) is 2. The third-order valence-corrected chi connectivity index (χ3v) is 3.52. The fraction of sp³-hybridized carbons (Fsp3) is 0.235. The number of hydrogen-bond donors (Lipinski definition) is 2. The monoisotopic (exact) mass is 313 g/mol. The number of nitrogens with zero attached hydrogens (tertiary/aromatic N) is 1. The maximum absolute atomic E-state index is 12.0. The lowest BCUT2D eigenvalue weighted by molar-refractivity contribution is -0.384. The van der Waals surface area contributed by atoms with Gasteiger partial charge in [0.05, 0.1) is 17.2 Å². The summed E-state index contributed by atoms with van der Waals surface area (Å²) in [5.41, 5.74) is 3.26. The summed E-state index contributed by atoms with van der Waals surface area (Å²) in [6.45, 7) is 3.96. The number of carbonyl (C=O) groups is 1. The maximum atomic E-state index is 12.0. The van der Waals surface area contributed by atoms with Gasteiger partial charge in [-0.1, -0.05) is 25.1 Å². The molecule has 0 aliphatic heterocycles. The van der Waals surface area contributed by atoms with Crippen LogP contribution in [0.25, 0.3) is 0 Å². The molecule has 120 valence electrons. The summed E-state index contributed by atoms with van der Waals surface area (Å²) in [6, 6.07) is 12.2. The van der Waals surface area contributed by atoms with Crippen molar-refractivity contribution in [2.24, 2.45) is 0 Å². The Hall–Kier alpha value is -2.89. The Morgan fingerprint density at radius 3 is 2.48 bits per heavy atom. The lowest BCUT2D eigenvalue weighted by Crippen LogP contribution is -2.22. The Morgan fingerprint density at radius 1 is 1.17 bits per heavy atom. The third kappa shape index (κ3) is 4.54. The molecule has 0 unspecified atom stereocenters. The van der Waals surface area contributed by atoms with E-state index in [9.17, 15) is 14.9 Å². The number of benzene rings is 2. The lowest BCUT2D eigenvalue weighted by atomic mass is 10.1. The van der Waals surface area contributed by atoms with Crippen LogP contribution >= 0.6 is 0 Å². The van der Waals surface area contributed by atoms with E-state index in [4.69, 9.17) is 0 Å². The summed E-state index contributed by atoms with van der Waals surface area (Å²) in [5.74, 6) is -0.256. The second kappa shape index (κ2) is 7.40. The average molecular weight is 313 g/mol. The molecular weight excluding hydrogens is 294 g/mol. The van der Waals surface area contributed by atoms with Crippen LogP contribution in [0.3, 0.4) is 0 Å². The molecule has 2 N–H and O–H groups in total. The zero-order valence-corrected chi connectivity index (χ0v) is 13.1. The predicted molar refractivity (Wildman–Crippen MR) is 90.8 cm³/mol. The number of nitro groups is 1. The van der Waals surface area contributed by atoms with Gasteiger partial charge in [0.25, 0.3) is 5.69 Å². The number of rotatable bonds is 6. The number of carbonyl (C=O) groups excluding carboxylic acids is 1. The molecule has 0 bridgehead atoms. The van der Waals surface area contributed by atoms with Crippen LogP contribution < -0.4 is 10.6 Å². The van der Waals surface area contributed by atoms with Crippen LogP contribution in [0.4, 0.5) is 17.1 Å². The van der Waals surface area contributed by atoms with Crippen LogP contribution in [0.1, 0.15) is 18.1 Å². The standard InChI is InChI=1S/C17H19N3O3/c1-3-13-5-7-14(8-6-13)18-11-17(21)19-16-10-15(20(22)23)9-4-12(16)2/h4-10,18H,3,11H2,1-2H3,(H,19,21). The first-order valence-corrected chi connectivity index (χ1v) is 7.37. The Balaban J connectivity index is 1.96. The fourth-order valence-electron chi connectivity index (χ4n) is 2.09. The van der Waals surface area contributed by atoms with Crippen molar-refractivity contribution in [1.82, 2.24) is 0 Å². The third-order valence-electron chi connectivity index (χ3n) is 3.52. The number of amides is 1. The van der Waals surface area contributed by atoms with Gasteiger partial charge in [0.15, 0.2) is 0 Å². The minimum atomic E-state index is -0.484. The van der Waals surface area contributed by atoms with Crippen LogP contribution in [-0.2, 0) is 11.2 Å². The van der Waals surface area contributed by atoms with Crippen LogP contribution in [0.15, 0.2) is 42.5 Å². The van der Waals surface area contributed by atoms with Crippen LogP contribution in [0.5, 0.6) is 0 Å². The summed E-state index contributed by atoms with van der Waals surface area (Å²) >= 11 is 0.